The first-order valence-electron chi connectivity index (χ1n) is 12.5. The zero-order chi connectivity index (χ0) is 27.1. The molecule has 10 heteroatoms. The smallest absolute Gasteiger partial charge is 0.127 e. The number of nitrogens with one attached hydrogen (secondary N) is 3. The first-order chi connectivity index (χ1) is 18.8. The third-order valence-corrected chi connectivity index (χ3v) is 6.50. The molecule has 1 atom stereocenters. The Morgan fingerprint density at radius 3 is 2.56 bits per heavy atom. The lowest BCUT2D eigenvalue weighted by molar-refractivity contribution is 0.176. The van der Waals surface area contributed by atoms with E-state index in [0.717, 1.165) is 39.1 Å². The minimum absolute atomic E-state index is 0.153. The molecule has 0 aliphatic carbocycles. The van der Waals surface area contributed by atoms with Crippen molar-refractivity contribution < 1.29 is 14.6 Å². The van der Waals surface area contributed by atoms with Crippen LogP contribution in [0.25, 0.3) is 55.6 Å². The number of aromatic hydroxyl groups is 1. The van der Waals surface area contributed by atoms with Gasteiger partial charge in [0.25, 0.3) is 0 Å². The summed E-state index contributed by atoms with van der Waals surface area (Å²) in [4.78, 5) is 16.6. The number of benzene rings is 1. The van der Waals surface area contributed by atoms with Crippen molar-refractivity contribution in [3.8, 4) is 39.5 Å². The Bertz CT molecular complexity index is 1790. The molecule has 5 aromatic heterocycles. The highest BCUT2D eigenvalue weighted by molar-refractivity contribution is 6.01. The standard InChI is InChI=1S/C29H26FN7O2/c1-15(2)3-28(39)34-19-5-17(10-31-11-19)24-9-22-27(14-33-24)36-37-29(22)25-8-21-23(12-32-13-26(21)35-25)16-4-18(30)7-20(38)6-16/h4-15,28,34-35,38-39H,3H2,1-2H3,(H,36,37). The molecule has 5 N–H and O–H groups in total. The van der Waals surface area contributed by atoms with Crippen LogP contribution in [0.5, 0.6) is 5.75 Å². The molecule has 39 heavy (non-hydrogen) atoms. The topological polar surface area (TPSA) is 136 Å². The predicted octanol–water partition coefficient (Wildman–Crippen LogP) is 5.85. The van der Waals surface area contributed by atoms with Gasteiger partial charge in [0.1, 0.15) is 23.5 Å². The summed E-state index contributed by atoms with van der Waals surface area (Å²) in [7, 11) is 0. The van der Waals surface area contributed by atoms with Crippen LogP contribution in [0, 0.1) is 11.7 Å². The third kappa shape index (κ3) is 4.89. The highest BCUT2D eigenvalue weighted by Gasteiger charge is 2.16. The fraction of sp³-hybridized carbons (Fsp3) is 0.172. The minimum Gasteiger partial charge on any atom is -0.508 e. The van der Waals surface area contributed by atoms with Crippen LogP contribution in [0.1, 0.15) is 20.3 Å². The number of nitrogens with zero attached hydrogens (tertiary/aromatic N) is 4. The number of H-pyrrole nitrogens is 2. The lowest BCUT2D eigenvalue weighted by atomic mass is 10.0. The number of aromatic amines is 2. The zero-order valence-electron chi connectivity index (χ0n) is 21.3. The highest BCUT2D eigenvalue weighted by atomic mass is 19.1. The maximum absolute atomic E-state index is 14.0. The van der Waals surface area contributed by atoms with Crippen molar-refractivity contribution in [3.05, 3.63) is 73.2 Å². The van der Waals surface area contributed by atoms with Crippen LogP contribution < -0.4 is 5.32 Å². The first-order valence-corrected chi connectivity index (χ1v) is 12.5. The molecule has 0 fully saturated rings. The summed E-state index contributed by atoms with van der Waals surface area (Å²) in [5.74, 6) is -0.330. The molecule has 196 valence electrons. The maximum Gasteiger partial charge on any atom is 0.127 e. The SMILES string of the molecule is CC(C)CC(O)Nc1cncc(-c2cc3c(-c4cc5c(-c6cc(O)cc(F)c6)cncc5[nH]4)n[nH]c3cn2)c1. The molecule has 6 rings (SSSR count). The number of phenols is 1. The average Bonchev–Trinajstić information content (AvgIpc) is 3.51. The van der Waals surface area contributed by atoms with Crippen molar-refractivity contribution >= 4 is 27.5 Å². The van der Waals surface area contributed by atoms with Gasteiger partial charge in [-0.2, -0.15) is 5.10 Å². The van der Waals surface area contributed by atoms with Gasteiger partial charge in [-0.1, -0.05) is 13.8 Å². The molecule has 5 heterocycles. The number of hydrogen-bond donors (Lipinski definition) is 5. The number of rotatable bonds is 7. The highest BCUT2D eigenvalue weighted by Crippen LogP contribution is 2.35. The maximum atomic E-state index is 14.0. The normalized spacial score (nSPS) is 12.4. The van der Waals surface area contributed by atoms with Gasteiger partial charge >= 0.3 is 0 Å². The zero-order valence-corrected chi connectivity index (χ0v) is 21.3. The second-order valence-electron chi connectivity index (χ2n) is 9.97. The van der Waals surface area contributed by atoms with Crippen LogP contribution >= 0.6 is 0 Å². The van der Waals surface area contributed by atoms with Gasteiger partial charge in [0.2, 0.25) is 0 Å². The molecule has 6 aromatic rings. The number of hydrogen-bond acceptors (Lipinski definition) is 7. The Labute approximate surface area is 222 Å². The molecule has 0 saturated carbocycles. The van der Waals surface area contributed by atoms with E-state index in [9.17, 15) is 14.6 Å². The summed E-state index contributed by atoms with van der Waals surface area (Å²) < 4.78 is 14.0. The van der Waals surface area contributed by atoms with E-state index in [1.165, 1.54) is 12.1 Å². The minimum atomic E-state index is -0.671. The van der Waals surface area contributed by atoms with E-state index in [1.54, 1.807) is 31.0 Å². The van der Waals surface area contributed by atoms with Crippen LogP contribution in [0.2, 0.25) is 0 Å². The van der Waals surface area contributed by atoms with Crippen molar-refractivity contribution in [3.63, 3.8) is 0 Å². The number of anilines is 1. The summed E-state index contributed by atoms with van der Waals surface area (Å²) in [6, 6.07) is 9.72. The Balaban J connectivity index is 1.38. The van der Waals surface area contributed by atoms with E-state index >= 15 is 0 Å². The molecule has 1 unspecified atom stereocenters. The van der Waals surface area contributed by atoms with E-state index in [4.69, 9.17) is 0 Å². The monoisotopic (exact) mass is 523 g/mol. The molecular formula is C29H26FN7O2. The number of aliphatic hydroxyl groups is 1. The van der Waals surface area contributed by atoms with E-state index in [1.807, 2.05) is 18.2 Å². The van der Waals surface area contributed by atoms with Gasteiger partial charge in [0.15, 0.2) is 0 Å². The van der Waals surface area contributed by atoms with Crippen molar-refractivity contribution in [2.75, 3.05) is 5.32 Å². The number of fused-ring (bicyclic) bond motifs is 2. The first kappa shape index (κ1) is 24.5. The number of aromatic nitrogens is 6. The van der Waals surface area contributed by atoms with Crippen molar-refractivity contribution in [2.24, 2.45) is 5.92 Å². The van der Waals surface area contributed by atoms with Crippen molar-refractivity contribution in [1.82, 2.24) is 30.1 Å². The van der Waals surface area contributed by atoms with Gasteiger partial charge in [0.05, 0.1) is 46.7 Å². The van der Waals surface area contributed by atoms with Gasteiger partial charge in [-0.05, 0) is 48.2 Å². The van der Waals surface area contributed by atoms with Crippen LogP contribution in [0.4, 0.5) is 10.1 Å². The molecular weight excluding hydrogens is 497 g/mol. The molecule has 0 aliphatic rings. The summed E-state index contributed by atoms with van der Waals surface area (Å²) in [6.45, 7) is 4.11. The Hall–Kier alpha value is -4.83. The van der Waals surface area contributed by atoms with E-state index in [0.29, 0.717) is 40.5 Å². The lowest BCUT2D eigenvalue weighted by Crippen LogP contribution is -2.20. The van der Waals surface area contributed by atoms with Gasteiger partial charge in [-0.3, -0.25) is 20.1 Å². The lowest BCUT2D eigenvalue weighted by Gasteiger charge is -2.16. The molecule has 0 aliphatic heterocycles. The molecule has 0 radical (unpaired) electrons. The van der Waals surface area contributed by atoms with Gasteiger partial charge in [0, 0.05) is 40.4 Å². The largest absolute Gasteiger partial charge is 0.508 e. The van der Waals surface area contributed by atoms with E-state index < -0.39 is 12.0 Å². The Morgan fingerprint density at radius 2 is 1.74 bits per heavy atom. The number of phenolic OH excluding ortho intramolecular Hbond substituents is 1. The molecule has 1 aromatic carbocycles. The molecule has 0 bridgehead atoms. The van der Waals surface area contributed by atoms with Gasteiger partial charge in [-0.15, -0.1) is 0 Å². The molecule has 0 saturated heterocycles. The quantitative estimate of drug-likeness (QED) is 0.166. The summed E-state index contributed by atoms with van der Waals surface area (Å²) in [5, 5.41) is 32.5. The molecule has 0 spiro atoms. The second-order valence-corrected chi connectivity index (χ2v) is 9.97. The Morgan fingerprint density at radius 1 is 0.897 bits per heavy atom. The average molecular weight is 524 g/mol. The van der Waals surface area contributed by atoms with Crippen LogP contribution in [0.3, 0.4) is 0 Å². The van der Waals surface area contributed by atoms with Crippen LogP contribution in [0.15, 0.2) is 67.4 Å². The fourth-order valence-electron chi connectivity index (χ4n) is 4.78. The van der Waals surface area contributed by atoms with Crippen LogP contribution in [-0.2, 0) is 0 Å². The number of pyridine rings is 3. The van der Waals surface area contributed by atoms with E-state index in [2.05, 4.69) is 49.3 Å². The predicted molar refractivity (Wildman–Crippen MR) is 148 cm³/mol. The van der Waals surface area contributed by atoms with Crippen LogP contribution in [-0.4, -0.2) is 46.6 Å². The van der Waals surface area contributed by atoms with Gasteiger partial charge < -0.3 is 20.5 Å². The molecule has 0 amide bonds. The summed E-state index contributed by atoms with van der Waals surface area (Å²) in [6.07, 6.45) is 8.41. The summed E-state index contributed by atoms with van der Waals surface area (Å²) in [5.41, 5.74) is 6.34. The fourth-order valence-corrected chi connectivity index (χ4v) is 4.78. The van der Waals surface area contributed by atoms with Crippen molar-refractivity contribution in [2.45, 2.75) is 26.5 Å². The Kier molecular flexibility index (Phi) is 6.16. The van der Waals surface area contributed by atoms with E-state index in [-0.39, 0.29) is 5.75 Å². The third-order valence-electron chi connectivity index (χ3n) is 6.50. The summed E-state index contributed by atoms with van der Waals surface area (Å²) >= 11 is 0. The number of halogens is 1. The number of aliphatic hydroxyl groups excluding tert-OH is 1. The second kappa shape index (κ2) is 9.80. The van der Waals surface area contributed by atoms with Gasteiger partial charge in [-0.25, -0.2) is 4.39 Å². The van der Waals surface area contributed by atoms with Crippen molar-refractivity contribution in [1.29, 1.82) is 0 Å². The molecule has 9 nitrogen and oxygen atoms in total.